The SMILES string of the molecule is COc1ccc(CCNC(=O)C23CCC(c4nc(C#N)c(C#N)nc42)C3(C)C)cc1OC. The van der Waals surface area contributed by atoms with E-state index < -0.39 is 10.8 Å². The van der Waals surface area contributed by atoms with Gasteiger partial charge in [0.1, 0.15) is 12.1 Å². The molecule has 4 rings (SSSR count). The van der Waals surface area contributed by atoms with Gasteiger partial charge in [0, 0.05) is 12.5 Å². The third-order valence-electron chi connectivity index (χ3n) is 7.18. The molecule has 0 saturated heterocycles. The molecule has 1 aromatic heterocycles. The number of benzene rings is 1. The van der Waals surface area contributed by atoms with Gasteiger partial charge in [-0.1, -0.05) is 19.9 Å². The van der Waals surface area contributed by atoms with Gasteiger partial charge < -0.3 is 14.8 Å². The number of methoxy groups -OCH3 is 2. The van der Waals surface area contributed by atoms with Crippen LogP contribution in [0.1, 0.15) is 60.9 Å². The molecular formula is C24H25N5O3. The molecule has 1 amide bonds. The van der Waals surface area contributed by atoms with Crippen LogP contribution >= 0.6 is 0 Å². The lowest BCUT2D eigenvalue weighted by Gasteiger charge is -2.36. The van der Waals surface area contributed by atoms with Gasteiger partial charge in [0.2, 0.25) is 5.91 Å². The Balaban J connectivity index is 1.59. The van der Waals surface area contributed by atoms with Crippen molar-refractivity contribution in [2.75, 3.05) is 20.8 Å². The Kier molecular flexibility index (Phi) is 5.26. The number of rotatable bonds is 6. The molecule has 1 heterocycles. The van der Waals surface area contributed by atoms with E-state index in [0.717, 1.165) is 12.0 Å². The molecule has 2 aliphatic rings. The Morgan fingerprint density at radius 2 is 1.84 bits per heavy atom. The summed E-state index contributed by atoms with van der Waals surface area (Å²) in [5.41, 5.74) is 0.984. The number of fused-ring (bicyclic) bond motifs is 5. The largest absolute Gasteiger partial charge is 0.493 e. The number of hydrogen-bond acceptors (Lipinski definition) is 7. The molecule has 0 radical (unpaired) electrons. The van der Waals surface area contributed by atoms with Crippen molar-refractivity contribution >= 4 is 5.91 Å². The second-order valence-electron chi connectivity index (χ2n) is 8.79. The van der Waals surface area contributed by atoms with Crippen LogP contribution < -0.4 is 14.8 Å². The average molecular weight is 431 g/mol. The number of nitrogens with one attached hydrogen (secondary N) is 1. The molecule has 2 aliphatic carbocycles. The summed E-state index contributed by atoms with van der Waals surface area (Å²) in [5, 5.41) is 21.9. The molecule has 32 heavy (non-hydrogen) atoms. The van der Waals surface area contributed by atoms with Gasteiger partial charge in [0.05, 0.1) is 31.0 Å². The number of nitriles is 2. The molecule has 0 aliphatic heterocycles. The Labute approximate surface area is 187 Å². The average Bonchev–Trinajstić information content (AvgIpc) is 3.18. The molecule has 164 valence electrons. The van der Waals surface area contributed by atoms with E-state index in [-0.39, 0.29) is 23.2 Å². The van der Waals surface area contributed by atoms with Crippen LogP contribution in [0.4, 0.5) is 0 Å². The third-order valence-corrected chi connectivity index (χ3v) is 7.18. The minimum Gasteiger partial charge on any atom is -0.493 e. The topological polar surface area (TPSA) is 121 Å². The van der Waals surface area contributed by atoms with E-state index in [1.807, 2.05) is 30.3 Å². The number of hydrogen-bond donors (Lipinski definition) is 1. The maximum Gasteiger partial charge on any atom is 0.232 e. The van der Waals surface area contributed by atoms with Crippen LogP contribution in [0, 0.1) is 28.1 Å². The molecule has 0 spiro atoms. The first kappa shape index (κ1) is 21.6. The first-order valence-electron chi connectivity index (χ1n) is 10.6. The Morgan fingerprint density at radius 1 is 1.16 bits per heavy atom. The fourth-order valence-corrected chi connectivity index (χ4v) is 5.43. The lowest BCUT2D eigenvalue weighted by Crippen LogP contribution is -2.50. The molecule has 2 unspecified atom stereocenters. The summed E-state index contributed by atoms with van der Waals surface area (Å²) >= 11 is 0. The minimum absolute atomic E-state index is 0.0212. The van der Waals surface area contributed by atoms with Crippen LogP contribution in [-0.4, -0.2) is 36.6 Å². The maximum atomic E-state index is 13.6. The zero-order chi connectivity index (χ0) is 23.1. The fourth-order valence-electron chi connectivity index (χ4n) is 5.43. The smallest absolute Gasteiger partial charge is 0.232 e. The van der Waals surface area contributed by atoms with Gasteiger partial charge in [-0.15, -0.1) is 0 Å². The Bertz CT molecular complexity index is 1180. The number of carbonyl (C=O) groups excluding carboxylic acids is 1. The highest BCUT2D eigenvalue weighted by Crippen LogP contribution is 2.67. The quantitative estimate of drug-likeness (QED) is 0.746. The zero-order valence-corrected chi connectivity index (χ0v) is 18.7. The summed E-state index contributed by atoms with van der Waals surface area (Å²) in [6.07, 6.45) is 2.07. The lowest BCUT2D eigenvalue weighted by atomic mass is 9.67. The third kappa shape index (κ3) is 2.90. The normalized spacial score (nSPS) is 21.9. The summed E-state index contributed by atoms with van der Waals surface area (Å²) in [5.74, 6) is 1.23. The molecule has 1 aromatic carbocycles. The predicted octanol–water partition coefficient (Wildman–Crippen LogP) is 2.75. The number of carbonyl (C=O) groups is 1. The highest BCUT2D eigenvalue weighted by molar-refractivity contribution is 5.91. The van der Waals surface area contributed by atoms with Crippen LogP contribution in [0.15, 0.2) is 18.2 Å². The van der Waals surface area contributed by atoms with E-state index in [1.165, 1.54) is 0 Å². The van der Waals surface area contributed by atoms with Crippen molar-refractivity contribution in [2.24, 2.45) is 5.41 Å². The monoisotopic (exact) mass is 431 g/mol. The molecule has 1 N–H and O–H groups in total. The number of nitrogens with zero attached hydrogens (tertiary/aromatic N) is 4. The van der Waals surface area contributed by atoms with Gasteiger partial charge >= 0.3 is 0 Å². The van der Waals surface area contributed by atoms with Crippen molar-refractivity contribution in [1.82, 2.24) is 15.3 Å². The Hall–Kier alpha value is -3.65. The lowest BCUT2D eigenvalue weighted by molar-refractivity contribution is -0.129. The highest BCUT2D eigenvalue weighted by atomic mass is 16.5. The van der Waals surface area contributed by atoms with E-state index in [4.69, 9.17) is 9.47 Å². The summed E-state index contributed by atoms with van der Waals surface area (Å²) < 4.78 is 10.6. The molecule has 8 nitrogen and oxygen atoms in total. The van der Waals surface area contributed by atoms with E-state index in [9.17, 15) is 15.3 Å². The van der Waals surface area contributed by atoms with Crippen molar-refractivity contribution in [3.05, 3.63) is 46.5 Å². The van der Waals surface area contributed by atoms with E-state index in [1.54, 1.807) is 14.2 Å². The molecular weight excluding hydrogens is 406 g/mol. The van der Waals surface area contributed by atoms with E-state index in [2.05, 4.69) is 29.1 Å². The van der Waals surface area contributed by atoms with Gasteiger partial charge in [-0.2, -0.15) is 10.5 Å². The van der Waals surface area contributed by atoms with Crippen molar-refractivity contribution in [3.8, 4) is 23.6 Å². The molecule has 1 saturated carbocycles. The van der Waals surface area contributed by atoms with Crippen molar-refractivity contribution in [1.29, 1.82) is 10.5 Å². The van der Waals surface area contributed by atoms with Crippen molar-refractivity contribution < 1.29 is 14.3 Å². The second-order valence-corrected chi connectivity index (χ2v) is 8.79. The highest BCUT2D eigenvalue weighted by Gasteiger charge is 2.67. The fraction of sp³-hybridized carbons (Fsp3) is 0.458. The van der Waals surface area contributed by atoms with Gasteiger partial charge in [0.15, 0.2) is 22.9 Å². The first-order chi connectivity index (χ1) is 15.3. The first-order valence-corrected chi connectivity index (χ1v) is 10.6. The van der Waals surface area contributed by atoms with E-state index >= 15 is 0 Å². The molecule has 2 aromatic rings. The molecule has 2 bridgehead atoms. The van der Waals surface area contributed by atoms with Crippen LogP contribution in [-0.2, 0) is 16.6 Å². The van der Waals surface area contributed by atoms with Crippen molar-refractivity contribution in [2.45, 2.75) is 44.4 Å². The molecule has 1 fully saturated rings. The zero-order valence-electron chi connectivity index (χ0n) is 18.7. The standard InChI is InChI=1S/C24H25N5O3/c1-23(2)15-7-9-24(23,21-20(15)28-16(12-25)17(13-26)29-21)22(30)27-10-8-14-5-6-18(31-3)19(11-14)32-4/h5-6,11,15H,7-10H2,1-4H3,(H,27,30). The van der Waals surface area contributed by atoms with E-state index in [0.29, 0.717) is 42.3 Å². The Morgan fingerprint density at radius 3 is 2.50 bits per heavy atom. The number of aromatic nitrogens is 2. The van der Waals surface area contributed by atoms with Crippen LogP contribution in [0.2, 0.25) is 0 Å². The molecule has 8 heteroatoms. The summed E-state index contributed by atoms with van der Waals surface area (Å²) in [6.45, 7) is 4.56. The van der Waals surface area contributed by atoms with Crippen molar-refractivity contribution in [3.63, 3.8) is 0 Å². The van der Waals surface area contributed by atoms with Gasteiger partial charge in [-0.3, -0.25) is 4.79 Å². The minimum atomic E-state index is -0.864. The predicted molar refractivity (Wildman–Crippen MR) is 115 cm³/mol. The van der Waals surface area contributed by atoms with Gasteiger partial charge in [0.25, 0.3) is 0 Å². The molecule has 2 atom stereocenters. The summed E-state index contributed by atoms with van der Waals surface area (Å²) in [6, 6.07) is 9.60. The van der Waals surface area contributed by atoms with Gasteiger partial charge in [-0.25, -0.2) is 9.97 Å². The maximum absolute atomic E-state index is 13.6. The van der Waals surface area contributed by atoms with Gasteiger partial charge in [-0.05, 0) is 42.4 Å². The summed E-state index contributed by atoms with van der Waals surface area (Å²) in [7, 11) is 3.18. The van der Waals surface area contributed by atoms with Crippen LogP contribution in [0.3, 0.4) is 0 Å². The number of ether oxygens (including phenoxy) is 2. The van der Waals surface area contributed by atoms with Crippen LogP contribution in [0.5, 0.6) is 11.5 Å². The number of amides is 1. The second kappa shape index (κ2) is 7.80. The summed E-state index contributed by atoms with van der Waals surface area (Å²) in [4.78, 5) is 22.5. The van der Waals surface area contributed by atoms with Crippen LogP contribution in [0.25, 0.3) is 0 Å².